The molecule has 0 atom stereocenters. The number of methoxy groups -OCH3 is 1. The number of hydrogen-bond acceptors (Lipinski definition) is 5. The summed E-state index contributed by atoms with van der Waals surface area (Å²) in [7, 11) is -2.94. The fraction of sp³-hybridized carbons (Fsp3) is 0.200. The highest BCUT2D eigenvalue weighted by Gasteiger charge is 2.25. The zero-order valence-corrected chi connectivity index (χ0v) is 19.0. The molecule has 0 aliphatic carbocycles. The predicted molar refractivity (Wildman–Crippen MR) is 115 cm³/mol. The highest BCUT2D eigenvalue weighted by molar-refractivity contribution is 7.90. The van der Waals surface area contributed by atoms with Gasteiger partial charge in [-0.25, -0.2) is 22.5 Å². The van der Waals surface area contributed by atoms with Gasteiger partial charge in [0.2, 0.25) is 0 Å². The molecule has 0 fully saturated rings. The van der Waals surface area contributed by atoms with Crippen LogP contribution in [0.1, 0.15) is 36.1 Å². The van der Waals surface area contributed by atoms with Crippen LogP contribution in [-0.2, 0) is 10.0 Å². The number of benzene rings is 2. The second kappa shape index (κ2) is 8.86. The molecular formula is C20H18Cl2FN3O4S. The van der Waals surface area contributed by atoms with Gasteiger partial charge >= 0.3 is 0 Å². The van der Waals surface area contributed by atoms with Gasteiger partial charge in [0.15, 0.2) is 0 Å². The van der Waals surface area contributed by atoms with Crippen LogP contribution in [0.3, 0.4) is 0 Å². The summed E-state index contributed by atoms with van der Waals surface area (Å²) in [5.74, 6) is -1.02. The Morgan fingerprint density at radius 3 is 2.52 bits per heavy atom. The van der Waals surface area contributed by atoms with Crippen molar-refractivity contribution >= 4 is 39.1 Å². The Bertz CT molecular complexity index is 1240. The van der Waals surface area contributed by atoms with E-state index < -0.39 is 21.7 Å². The van der Waals surface area contributed by atoms with Crippen LogP contribution in [0.4, 0.5) is 4.39 Å². The number of sulfonamides is 1. The van der Waals surface area contributed by atoms with Crippen LogP contribution in [0.2, 0.25) is 10.0 Å². The van der Waals surface area contributed by atoms with Crippen LogP contribution in [0.15, 0.2) is 47.5 Å². The largest absolute Gasteiger partial charge is 0.497 e. The second-order valence-corrected chi connectivity index (χ2v) is 9.36. The standard InChI is InChI=1S/C20H18Cl2FN3O4S/c1-11(2)19-24-17(10-26(19)14-7-12(21)6-13(23)8-14)20(27)25-31(28,29)18-9-15(30-3)4-5-16(18)22/h4-11H,1-3H3,(H,25,27). The minimum Gasteiger partial charge on any atom is -0.497 e. The van der Waals surface area contributed by atoms with Gasteiger partial charge in [0, 0.05) is 23.2 Å². The predicted octanol–water partition coefficient (Wildman–Crippen LogP) is 4.57. The lowest BCUT2D eigenvalue weighted by Crippen LogP contribution is -2.31. The smallest absolute Gasteiger partial charge is 0.285 e. The van der Waals surface area contributed by atoms with Crippen molar-refractivity contribution in [2.75, 3.05) is 7.11 Å². The highest BCUT2D eigenvalue weighted by atomic mass is 35.5. The number of amides is 1. The van der Waals surface area contributed by atoms with E-state index in [1.807, 2.05) is 18.6 Å². The summed E-state index contributed by atoms with van der Waals surface area (Å²) in [4.78, 5) is 16.6. The van der Waals surface area contributed by atoms with Gasteiger partial charge in [0.1, 0.15) is 28.0 Å². The summed E-state index contributed by atoms with van der Waals surface area (Å²) in [6.45, 7) is 3.66. The lowest BCUT2D eigenvalue weighted by molar-refractivity contribution is 0.0977. The molecule has 0 saturated carbocycles. The van der Waals surface area contributed by atoms with Crippen LogP contribution in [-0.4, -0.2) is 31.0 Å². The van der Waals surface area contributed by atoms with E-state index in [0.717, 1.165) is 6.07 Å². The molecule has 0 spiro atoms. The Kier molecular flexibility index (Phi) is 6.59. The normalized spacial score (nSPS) is 11.6. The maximum atomic E-state index is 13.8. The fourth-order valence-corrected chi connectivity index (χ4v) is 4.54. The topological polar surface area (TPSA) is 90.3 Å². The van der Waals surface area contributed by atoms with Gasteiger partial charge in [-0.15, -0.1) is 0 Å². The molecule has 7 nitrogen and oxygen atoms in total. The molecule has 31 heavy (non-hydrogen) atoms. The highest BCUT2D eigenvalue weighted by Crippen LogP contribution is 2.27. The Balaban J connectivity index is 1.99. The number of carbonyl (C=O) groups is 1. The van der Waals surface area contributed by atoms with E-state index in [0.29, 0.717) is 11.5 Å². The van der Waals surface area contributed by atoms with E-state index in [-0.39, 0.29) is 32.3 Å². The minimum absolute atomic E-state index is 0.0797. The van der Waals surface area contributed by atoms with Gasteiger partial charge in [-0.1, -0.05) is 37.0 Å². The monoisotopic (exact) mass is 485 g/mol. The fourth-order valence-electron chi connectivity index (χ4n) is 2.84. The van der Waals surface area contributed by atoms with Gasteiger partial charge in [0.05, 0.1) is 17.8 Å². The second-order valence-electron chi connectivity index (χ2n) is 6.87. The zero-order chi connectivity index (χ0) is 22.9. The third-order valence-corrected chi connectivity index (χ3v) is 6.29. The number of imidazole rings is 1. The molecule has 11 heteroatoms. The Hall–Kier alpha value is -2.62. The number of carbonyl (C=O) groups excluding carboxylic acids is 1. The van der Waals surface area contributed by atoms with Crippen LogP contribution in [0.25, 0.3) is 5.69 Å². The van der Waals surface area contributed by atoms with Crippen LogP contribution in [0.5, 0.6) is 5.75 Å². The number of nitrogens with zero attached hydrogens (tertiary/aromatic N) is 2. The number of halogens is 3. The Labute approximate surface area is 188 Å². The molecule has 2 aromatic carbocycles. The first-order valence-electron chi connectivity index (χ1n) is 8.98. The first kappa shape index (κ1) is 23.1. The van der Waals surface area contributed by atoms with Gasteiger partial charge in [-0.05, 0) is 30.3 Å². The molecule has 0 aliphatic rings. The maximum absolute atomic E-state index is 13.8. The summed E-state index contributed by atoms with van der Waals surface area (Å²) in [5.41, 5.74) is 0.172. The van der Waals surface area contributed by atoms with E-state index in [1.165, 1.54) is 48.2 Å². The van der Waals surface area contributed by atoms with Crippen molar-refractivity contribution in [3.05, 3.63) is 70.0 Å². The summed E-state index contributed by atoms with van der Waals surface area (Å²) in [5, 5.41) is 0.0866. The number of ether oxygens (including phenoxy) is 1. The SMILES string of the molecule is COc1ccc(Cl)c(S(=O)(=O)NC(=O)c2cn(-c3cc(F)cc(Cl)c3)c(C(C)C)n2)c1. The van der Waals surface area contributed by atoms with Crippen molar-refractivity contribution in [3.8, 4) is 11.4 Å². The summed E-state index contributed by atoms with van der Waals surface area (Å²) < 4.78 is 47.7. The quantitative estimate of drug-likeness (QED) is 0.552. The average Bonchev–Trinajstić information content (AvgIpc) is 3.13. The molecule has 0 radical (unpaired) electrons. The molecule has 0 unspecified atom stereocenters. The van der Waals surface area contributed by atoms with E-state index in [2.05, 4.69) is 4.98 Å². The average molecular weight is 486 g/mol. The van der Waals surface area contributed by atoms with Gasteiger partial charge < -0.3 is 9.30 Å². The molecule has 1 aromatic heterocycles. The minimum atomic E-state index is -4.31. The van der Waals surface area contributed by atoms with Crippen LogP contribution < -0.4 is 9.46 Å². The third kappa shape index (κ3) is 5.00. The molecule has 3 rings (SSSR count). The molecule has 0 saturated heterocycles. The Morgan fingerprint density at radius 1 is 1.19 bits per heavy atom. The van der Waals surface area contributed by atoms with Crippen molar-refractivity contribution in [2.24, 2.45) is 0 Å². The van der Waals surface area contributed by atoms with Crippen molar-refractivity contribution in [1.82, 2.24) is 14.3 Å². The van der Waals surface area contributed by atoms with Gasteiger partial charge in [-0.3, -0.25) is 4.79 Å². The molecule has 1 amide bonds. The molecule has 1 N–H and O–H groups in total. The van der Waals surface area contributed by atoms with Crippen molar-refractivity contribution in [3.63, 3.8) is 0 Å². The summed E-state index contributed by atoms with van der Waals surface area (Å²) in [6, 6.07) is 7.92. The van der Waals surface area contributed by atoms with Crippen LogP contribution >= 0.6 is 23.2 Å². The summed E-state index contributed by atoms with van der Waals surface area (Å²) >= 11 is 11.9. The maximum Gasteiger partial charge on any atom is 0.285 e. The first-order chi connectivity index (χ1) is 14.5. The zero-order valence-electron chi connectivity index (χ0n) is 16.7. The third-order valence-electron chi connectivity index (χ3n) is 4.26. The van der Waals surface area contributed by atoms with Crippen molar-refractivity contribution in [2.45, 2.75) is 24.7 Å². The first-order valence-corrected chi connectivity index (χ1v) is 11.2. The van der Waals surface area contributed by atoms with Gasteiger partial charge in [-0.2, -0.15) is 0 Å². The van der Waals surface area contributed by atoms with E-state index in [9.17, 15) is 17.6 Å². The molecule has 164 valence electrons. The van der Waals surface area contributed by atoms with E-state index in [4.69, 9.17) is 27.9 Å². The van der Waals surface area contributed by atoms with E-state index >= 15 is 0 Å². The number of nitrogens with one attached hydrogen (secondary N) is 1. The molecule has 0 aliphatic heterocycles. The molecule has 0 bridgehead atoms. The van der Waals surface area contributed by atoms with Crippen LogP contribution in [0, 0.1) is 5.82 Å². The van der Waals surface area contributed by atoms with Crippen molar-refractivity contribution < 1.29 is 22.3 Å². The number of rotatable bonds is 6. The van der Waals surface area contributed by atoms with Gasteiger partial charge in [0.25, 0.3) is 15.9 Å². The lowest BCUT2D eigenvalue weighted by Gasteiger charge is -2.10. The van der Waals surface area contributed by atoms with Crippen molar-refractivity contribution in [1.29, 1.82) is 0 Å². The lowest BCUT2D eigenvalue weighted by atomic mass is 10.2. The number of hydrogen-bond donors (Lipinski definition) is 1. The summed E-state index contributed by atoms with van der Waals surface area (Å²) in [6.07, 6.45) is 1.32. The molecular weight excluding hydrogens is 468 g/mol. The molecule has 1 heterocycles. The van der Waals surface area contributed by atoms with E-state index in [1.54, 1.807) is 0 Å². The Morgan fingerprint density at radius 2 is 1.90 bits per heavy atom. The molecule has 3 aromatic rings. The number of aromatic nitrogens is 2.